The largest absolute Gasteiger partial charge is 0.350 e. The molecule has 0 spiro atoms. The van der Waals surface area contributed by atoms with E-state index in [1.165, 1.54) is 31.4 Å². The molecule has 0 aliphatic carbocycles. The molecule has 0 atom stereocenters. The van der Waals surface area contributed by atoms with Crippen LogP contribution in [0.4, 0.5) is 4.39 Å². The fraction of sp³-hybridized carbons (Fsp3) is 0.562. The summed E-state index contributed by atoms with van der Waals surface area (Å²) in [6.07, 6.45) is 3.69. The molecule has 0 saturated carbocycles. The van der Waals surface area contributed by atoms with Crippen LogP contribution in [0.25, 0.3) is 0 Å². The van der Waals surface area contributed by atoms with Crippen molar-refractivity contribution in [1.29, 1.82) is 0 Å². The van der Waals surface area contributed by atoms with E-state index in [0.29, 0.717) is 11.0 Å². The van der Waals surface area contributed by atoms with Crippen LogP contribution in [-0.2, 0) is 0 Å². The lowest BCUT2D eigenvalue weighted by molar-refractivity contribution is 0.0795. The Labute approximate surface area is 134 Å². The van der Waals surface area contributed by atoms with Crippen molar-refractivity contribution >= 4 is 21.8 Å². The van der Waals surface area contributed by atoms with Crippen molar-refractivity contribution in [2.45, 2.75) is 38.6 Å². The summed E-state index contributed by atoms with van der Waals surface area (Å²) < 4.78 is 14.4. The predicted octanol–water partition coefficient (Wildman–Crippen LogP) is 3.58. The Kier molecular flexibility index (Phi) is 5.38. The standard InChI is InChI=1S/C16H22BrFN2O/c1-16(2,20-8-4-3-5-9-20)11-19-15(21)13-7-6-12(17)10-14(13)18/h6-7,10H,3-5,8-9,11H2,1-2H3,(H,19,21). The molecule has 0 unspecified atom stereocenters. The summed E-state index contributed by atoms with van der Waals surface area (Å²) in [5.41, 5.74) is -0.0188. The van der Waals surface area contributed by atoms with Gasteiger partial charge in [-0.2, -0.15) is 0 Å². The highest BCUT2D eigenvalue weighted by Gasteiger charge is 2.28. The Balaban J connectivity index is 1.96. The van der Waals surface area contributed by atoms with Crippen LogP contribution in [0.5, 0.6) is 0 Å². The summed E-state index contributed by atoms with van der Waals surface area (Å²) in [7, 11) is 0. The van der Waals surface area contributed by atoms with Gasteiger partial charge in [-0.05, 0) is 58.0 Å². The zero-order chi connectivity index (χ0) is 15.5. The first-order chi connectivity index (χ1) is 9.90. The van der Waals surface area contributed by atoms with Gasteiger partial charge in [0.2, 0.25) is 0 Å². The fourth-order valence-electron chi connectivity index (χ4n) is 2.68. The van der Waals surface area contributed by atoms with Crippen molar-refractivity contribution in [2.75, 3.05) is 19.6 Å². The predicted molar refractivity (Wildman–Crippen MR) is 85.9 cm³/mol. The molecule has 1 saturated heterocycles. The van der Waals surface area contributed by atoms with Gasteiger partial charge in [-0.15, -0.1) is 0 Å². The number of hydrogen-bond acceptors (Lipinski definition) is 2. The second kappa shape index (κ2) is 6.88. The number of carbonyl (C=O) groups excluding carboxylic acids is 1. The maximum absolute atomic E-state index is 13.8. The number of amides is 1. The van der Waals surface area contributed by atoms with Crippen LogP contribution in [0.2, 0.25) is 0 Å². The van der Waals surface area contributed by atoms with E-state index in [2.05, 4.69) is 40.0 Å². The minimum atomic E-state index is -0.502. The van der Waals surface area contributed by atoms with E-state index in [4.69, 9.17) is 0 Å². The van der Waals surface area contributed by atoms with Crippen LogP contribution >= 0.6 is 15.9 Å². The Morgan fingerprint density at radius 1 is 1.33 bits per heavy atom. The highest BCUT2D eigenvalue weighted by atomic mass is 79.9. The van der Waals surface area contributed by atoms with Gasteiger partial charge in [0.15, 0.2) is 0 Å². The molecule has 116 valence electrons. The highest BCUT2D eigenvalue weighted by Crippen LogP contribution is 2.20. The number of likely N-dealkylation sites (tertiary alicyclic amines) is 1. The van der Waals surface area contributed by atoms with Crippen molar-refractivity contribution in [3.63, 3.8) is 0 Å². The van der Waals surface area contributed by atoms with Crippen LogP contribution in [0.1, 0.15) is 43.5 Å². The van der Waals surface area contributed by atoms with Crippen LogP contribution in [0.3, 0.4) is 0 Å². The van der Waals surface area contributed by atoms with Crippen molar-refractivity contribution in [2.24, 2.45) is 0 Å². The molecule has 1 heterocycles. The number of nitrogens with one attached hydrogen (secondary N) is 1. The van der Waals surface area contributed by atoms with Gasteiger partial charge >= 0.3 is 0 Å². The number of carbonyl (C=O) groups is 1. The zero-order valence-corrected chi connectivity index (χ0v) is 14.2. The zero-order valence-electron chi connectivity index (χ0n) is 12.6. The fourth-order valence-corrected chi connectivity index (χ4v) is 3.01. The number of rotatable bonds is 4. The Morgan fingerprint density at radius 3 is 2.62 bits per heavy atom. The summed E-state index contributed by atoms with van der Waals surface area (Å²) in [4.78, 5) is 14.5. The molecule has 1 aromatic carbocycles. The van der Waals surface area contributed by atoms with Gasteiger partial charge in [0, 0.05) is 16.6 Å². The molecular weight excluding hydrogens is 335 g/mol. The molecule has 1 aromatic rings. The van der Waals surface area contributed by atoms with Crippen molar-refractivity contribution in [3.05, 3.63) is 34.1 Å². The molecule has 5 heteroatoms. The number of halogens is 2. The monoisotopic (exact) mass is 356 g/mol. The maximum Gasteiger partial charge on any atom is 0.254 e. The molecule has 2 rings (SSSR count). The molecule has 1 amide bonds. The van der Waals surface area contributed by atoms with Gasteiger partial charge < -0.3 is 5.32 Å². The first kappa shape index (κ1) is 16.4. The average molecular weight is 357 g/mol. The summed E-state index contributed by atoms with van der Waals surface area (Å²) in [6.45, 7) is 6.89. The molecule has 0 radical (unpaired) electrons. The van der Waals surface area contributed by atoms with Gasteiger partial charge in [-0.3, -0.25) is 9.69 Å². The lowest BCUT2D eigenvalue weighted by Gasteiger charge is -2.41. The van der Waals surface area contributed by atoms with Gasteiger partial charge in [0.05, 0.1) is 5.56 Å². The first-order valence-electron chi connectivity index (χ1n) is 7.38. The van der Waals surface area contributed by atoms with E-state index in [1.54, 1.807) is 6.07 Å². The summed E-state index contributed by atoms with van der Waals surface area (Å²) in [5.74, 6) is -0.859. The van der Waals surface area contributed by atoms with E-state index >= 15 is 0 Å². The van der Waals surface area contributed by atoms with E-state index in [-0.39, 0.29) is 17.0 Å². The second-order valence-corrected chi connectivity index (χ2v) is 7.08. The van der Waals surface area contributed by atoms with Crippen molar-refractivity contribution in [1.82, 2.24) is 10.2 Å². The van der Waals surface area contributed by atoms with Gasteiger partial charge in [0.1, 0.15) is 5.82 Å². The van der Waals surface area contributed by atoms with Crippen LogP contribution in [0.15, 0.2) is 22.7 Å². The molecule has 1 aliphatic rings. The number of benzene rings is 1. The number of piperidine rings is 1. The van der Waals surface area contributed by atoms with Crippen LogP contribution in [0, 0.1) is 5.82 Å². The third kappa shape index (κ3) is 4.27. The minimum Gasteiger partial charge on any atom is -0.350 e. The first-order valence-corrected chi connectivity index (χ1v) is 8.18. The molecule has 21 heavy (non-hydrogen) atoms. The van der Waals surface area contributed by atoms with E-state index in [9.17, 15) is 9.18 Å². The van der Waals surface area contributed by atoms with E-state index < -0.39 is 5.82 Å². The van der Waals surface area contributed by atoms with Gasteiger partial charge in [-0.25, -0.2) is 4.39 Å². The second-order valence-electron chi connectivity index (χ2n) is 6.17. The summed E-state index contributed by atoms with van der Waals surface area (Å²) in [6, 6.07) is 4.49. The molecule has 0 bridgehead atoms. The minimum absolute atomic E-state index is 0.0904. The van der Waals surface area contributed by atoms with E-state index in [1.807, 2.05) is 0 Å². The number of nitrogens with zero attached hydrogens (tertiary/aromatic N) is 1. The normalized spacial score (nSPS) is 16.8. The highest BCUT2D eigenvalue weighted by molar-refractivity contribution is 9.10. The third-order valence-corrected chi connectivity index (χ3v) is 4.56. The Bertz CT molecular complexity index is 513. The molecule has 1 N–H and O–H groups in total. The van der Waals surface area contributed by atoms with Gasteiger partial charge in [0.25, 0.3) is 5.91 Å². The van der Waals surface area contributed by atoms with E-state index in [0.717, 1.165) is 13.1 Å². The van der Waals surface area contributed by atoms with Gasteiger partial charge in [-0.1, -0.05) is 22.4 Å². The molecule has 3 nitrogen and oxygen atoms in total. The lowest BCUT2D eigenvalue weighted by Crippen LogP contribution is -2.53. The lowest BCUT2D eigenvalue weighted by atomic mass is 9.98. The topological polar surface area (TPSA) is 32.3 Å². The molecular formula is C16H22BrFN2O. The smallest absolute Gasteiger partial charge is 0.254 e. The third-order valence-electron chi connectivity index (χ3n) is 4.07. The quantitative estimate of drug-likeness (QED) is 0.893. The summed E-state index contributed by atoms with van der Waals surface area (Å²) in [5, 5.41) is 2.86. The van der Waals surface area contributed by atoms with Crippen LogP contribution in [-0.4, -0.2) is 36.0 Å². The van der Waals surface area contributed by atoms with Crippen molar-refractivity contribution < 1.29 is 9.18 Å². The Hall–Kier alpha value is -0.940. The summed E-state index contributed by atoms with van der Waals surface area (Å²) >= 11 is 3.19. The molecule has 0 aromatic heterocycles. The Morgan fingerprint density at radius 2 is 2.00 bits per heavy atom. The molecule has 1 fully saturated rings. The molecule has 1 aliphatic heterocycles. The number of hydrogen-bond donors (Lipinski definition) is 1. The SMILES string of the molecule is CC(C)(CNC(=O)c1ccc(Br)cc1F)N1CCCCC1. The average Bonchev–Trinajstić information content (AvgIpc) is 2.46. The van der Waals surface area contributed by atoms with Crippen molar-refractivity contribution in [3.8, 4) is 0 Å². The van der Waals surface area contributed by atoms with Crippen LogP contribution < -0.4 is 5.32 Å². The maximum atomic E-state index is 13.8.